The lowest BCUT2D eigenvalue weighted by Gasteiger charge is -2.49. The van der Waals surface area contributed by atoms with Crippen LogP contribution in [0, 0.1) is 23.7 Å². The van der Waals surface area contributed by atoms with Gasteiger partial charge in [0.1, 0.15) is 5.78 Å². The standard InChI is InChI=1S/C15H26O3/c1-9-8-11-6-5-7-12(17-3)14(11)15(18-4)13(9)10(2)16/h9,11-15H,5-8H2,1-4H3. The van der Waals surface area contributed by atoms with Crippen molar-refractivity contribution in [2.45, 2.75) is 51.7 Å². The van der Waals surface area contributed by atoms with Gasteiger partial charge in [0.25, 0.3) is 0 Å². The third-order valence-corrected chi connectivity index (χ3v) is 5.10. The second kappa shape index (κ2) is 5.70. The van der Waals surface area contributed by atoms with E-state index in [2.05, 4.69) is 6.92 Å². The molecule has 0 aliphatic heterocycles. The number of fused-ring (bicyclic) bond motifs is 1. The van der Waals surface area contributed by atoms with E-state index < -0.39 is 0 Å². The van der Waals surface area contributed by atoms with E-state index in [1.54, 1.807) is 21.1 Å². The quantitative estimate of drug-likeness (QED) is 0.776. The topological polar surface area (TPSA) is 35.5 Å². The van der Waals surface area contributed by atoms with Gasteiger partial charge in [0, 0.05) is 26.1 Å². The summed E-state index contributed by atoms with van der Waals surface area (Å²) in [7, 11) is 3.54. The van der Waals surface area contributed by atoms with E-state index in [0.717, 1.165) is 12.8 Å². The molecule has 0 aromatic rings. The van der Waals surface area contributed by atoms with Crippen molar-refractivity contribution in [3.63, 3.8) is 0 Å². The van der Waals surface area contributed by atoms with Crippen molar-refractivity contribution in [2.24, 2.45) is 23.7 Å². The van der Waals surface area contributed by atoms with Crippen molar-refractivity contribution in [2.75, 3.05) is 14.2 Å². The number of ketones is 1. The van der Waals surface area contributed by atoms with Gasteiger partial charge in [0.05, 0.1) is 12.2 Å². The lowest BCUT2D eigenvalue weighted by Crippen LogP contribution is -2.53. The van der Waals surface area contributed by atoms with Gasteiger partial charge in [-0.05, 0) is 38.0 Å². The van der Waals surface area contributed by atoms with Crippen molar-refractivity contribution < 1.29 is 14.3 Å². The van der Waals surface area contributed by atoms with Crippen molar-refractivity contribution >= 4 is 5.78 Å². The molecule has 2 aliphatic rings. The van der Waals surface area contributed by atoms with Crippen LogP contribution in [-0.2, 0) is 14.3 Å². The first-order valence-corrected chi connectivity index (χ1v) is 7.16. The predicted molar refractivity (Wildman–Crippen MR) is 70.4 cm³/mol. The van der Waals surface area contributed by atoms with Crippen LogP contribution in [-0.4, -0.2) is 32.2 Å². The van der Waals surface area contributed by atoms with Crippen LogP contribution in [0.5, 0.6) is 0 Å². The number of rotatable bonds is 3. The Morgan fingerprint density at radius 1 is 1.17 bits per heavy atom. The number of carbonyl (C=O) groups excluding carboxylic acids is 1. The molecule has 18 heavy (non-hydrogen) atoms. The molecular weight excluding hydrogens is 228 g/mol. The molecule has 0 radical (unpaired) electrons. The Kier molecular flexibility index (Phi) is 4.44. The maximum Gasteiger partial charge on any atom is 0.135 e. The summed E-state index contributed by atoms with van der Waals surface area (Å²) in [5.74, 6) is 1.82. The molecule has 2 saturated carbocycles. The molecule has 3 nitrogen and oxygen atoms in total. The van der Waals surface area contributed by atoms with Gasteiger partial charge in [-0.2, -0.15) is 0 Å². The molecule has 2 fully saturated rings. The highest BCUT2D eigenvalue weighted by Gasteiger charge is 2.49. The maximum atomic E-state index is 11.9. The van der Waals surface area contributed by atoms with Crippen LogP contribution in [0.1, 0.15) is 39.5 Å². The normalized spacial score (nSPS) is 44.4. The van der Waals surface area contributed by atoms with Crippen molar-refractivity contribution in [3.05, 3.63) is 0 Å². The van der Waals surface area contributed by atoms with Gasteiger partial charge in [-0.1, -0.05) is 13.3 Å². The second-order valence-corrected chi connectivity index (χ2v) is 6.09. The van der Waals surface area contributed by atoms with Gasteiger partial charge in [-0.15, -0.1) is 0 Å². The van der Waals surface area contributed by atoms with Gasteiger partial charge in [-0.3, -0.25) is 4.79 Å². The van der Waals surface area contributed by atoms with Gasteiger partial charge >= 0.3 is 0 Å². The summed E-state index contributed by atoms with van der Waals surface area (Å²) in [6, 6.07) is 0. The zero-order chi connectivity index (χ0) is 13.3. The highest BCUT2D eigenvalue weighted by atomic mass is 16.5. The van der Waals surface area contributed by atoms with Crippen LogP contribution >= 0.6 is 0 Å². The minimum absolute atomic E-state index is 0.0431. The molecule has 2 aliphatic carbocycles. The molecule has 6 unspecified atom stereocenters. The van der Waals surface area contributed by atoms with Crippen molar-refractivity contribution in [1.82, 2.24) is 0 Å². The molecule has 0 bridgehead atoms. The summed E-state index contributed by atoms with van der Waals surface area (Å²) in [6.07, 6.45) is 5.07. The first-order valence-electron chi connectivity index (χ1n) is 7.16. The van der Waals surface area contributed by atoms with Crippen molar-refractivity contribution in [1.29, 1.82) is 0 Å². The van der Waals surface area contributed by atoms with Crippen LogP contribution in [0.4, 0.5) is 0 Å². The predicted octanol–water partition coefficient (Wildman–Crippen LogP) is 2.68. The highest BCUT2D eigenvalue weighted by Crippen LogP contribution is 2.47. The Balaban J connectivity index is 2.26. The van der Waals surface area contributed by atoms with E-state index in [1.807, 2.05) is 0 Å². The van der Waals surface area contributed by atoms with Gasteiger partial charge in [-0.25, -0.2) is 0 Å². The summed E-state index contributed by atoms with van der Waals surface area (Å²) >= 11 is 0. The Hall–Kier alpha value is -0.410. The largest absolute Gasteiger partial charge is 0.381 e. The molecule has 0 aromatic carbocycles. The fourth-order valence-corrected chi connectivity index (χ4v) is 4.42. The average molecular weight is 254 g/mol. The second-order valence-electron chi connectivity index (χ2n) is 6.09. The lowest BCUT2D eigenvalue weighted by molar-refractivity contribution is -0.153. The third-order valence-electron chi connectivity index (χ3n) is 5.10. The summed E-state index contributed by atoms with van der Waals surface area (Å²) < 4.78 is 11.4. The molecule has 6 atom stereocenters. The minimum Gasteiger partial charge on any atom is -0.381 e. The molecule has 0 N–H and O–H groups in total. The van der Waals surface area contributed by atoms with E-state index in [9.17, 15) is 4.79 Å². The highest BCUT2D eigenvalue weighted by molar-refractivity contribution is 5.79. The molecule has 0 saturated heterocycles. The molecule has 2 rings (SSSR count). The van der Waals surface area contributed by atoms with Crippen LogP contribution < -0.4 is 0 Å². The Morgan fingerprint density at radius 2 is 1.89 bits per heavy atom. The zero-order valence-electron chi connectivity index (χ0n) is 12.0. The number of hydrogen-bond donors (Lipinski definition) is 0. The number of Topliss-reactive ketones (excluding diaryl/α,β-unsaturated/α-hetero) is 1. The average Bonchev–Trinajstić information content (AvgIpc) is 2.35. The Labute approximate surface area is 110 Å². The molecular formula is C15H26O3. The fraction of sp³-hybridized carbons (Fsp3) is 0.933. The monoisotopic (exact) mass is 254 g/mol. The number of hydrogen-bond acceptors (Lipinski definition) is 3. The van der Waals surface area contributed by atoms with E-state index in [0.29, 0.717) is 17.8 Å². The minimum atomic E-state index is 0.0431. The van der Waals surface area contributed by atoms with Gasteiger partial charge in [0.15, 0.2) is 0 Å². The lowest BCUT2D eigenvalue weighted by atomic mass is 9.60. The first-order chi connectivity index (χ1) is 8.60. The zero-order valence-corrected chi connectivity index (χ0v) is 12.0. The van der Waals surface area contributed by atoms with Crippen LogP contribution in [0.15, 0.2) is 0 Å². The first kappa shape index (κ1) is 14.0. The Morgan fingerprint density at radius 3 is 2.44 bits per heavy atom. The number of ether oxygens (including phenoxy) is 2. The molecule has 0 spiro atoms. The molecule has 0 amide bonds. The molecule has 0 aromatic heterocycles. The fourth-order valence-electron chi connectivity index (χ4n) is 4.42. The maximum absolute atomic E-state index is 11.9. The van der Waals surface area contributed by atoms with Gasteiger partial charge < -0.3 is 9.47 Å². The molecule has 104 valence electrons. The smallest absolute Gasteiger partial charge is 0.135 e. The third kappa shape index (κ3) is 2.35. The van der Waals surface area contributed by atoms with E-state index in [1.165, 1.54) is 12.8 Å². The van der Waals surface area contributed by atoms with Gasteiger partial charge in [0.2, 0.25) is 0 Å². The molecule has 0 heterocycles. The summed E-state index contributed by atoms with van der Waals surface area (Å²) in [5, 5.41) is 0. The van der Waals surface area contributed by atoms with Crippen LogP contribution in [0.25, 0.3) is 0 Å². The summed E-state index contributed by atoms with van der Waals surface area (Å²) in [4.78, 5) is 11.9. The number of methoxy groups -OCH3 is 2. The Bertz CT molecular complexity index is 302. The molecule has 3 heteroatoms. The summed E-state index contributed by atoms with van der Waals surface area (Å²) in [6.45, 7) is 3.91. The summed E-state index contributed by atoms with van der Waals surface area (Å²) in [5.41, 5.74) is 0. The van der Waals surface area contributed by atoms with Crippen molar-refractivity contribution in [3.8, 4) is 0 Å². The van der Waals surface area contributed by atoms with E-state index >= 15 is 0 Å². The SMILES string of the molecule is COC1CCCC2CC(C)C(C(C)=O)C(OC)C21. The number of carbonyl (C=O) groups is 1. The van der Waals surface area contributed by atoms with Crippen LogP contribution in [0.3, 0.4) is 0 Å². The van der Waals surface area contributed by atoms with Crippen LogP contribution in [0.2, 0.25) is 0 Å². The van der Waals surface area contributed by atoms with E-state index in [-0.39, 0.29) is 23.9 Å². The van der Waals surface area contributed by atoms with E-state index in [4.69, 9.17) is 9.47 Å².